The molecule has 2 rings (SSSR count). The molecule has 0 saturated carbocycles. The minimum Gasteiger partial charge on any atom is -0.508 e. The van der Waals surface area contributed by atoms with Crippen molar-refractivity contribution in [3.8, 4) is 11.5 Å². The van der Waals surface area contributed by atoms with E-state index in [0.717, 1.165) is 10.0 Å². The Hall–Kier alpha value is -1.19. The van der Waals surface area contributed by atoms with Crippen molar-refractivity contribution in [1.29, 1.82) is 0 Å². The second-order valence-electron chi connectivity index (χ2n) is 3.52. The minimum absolute atomic E-state index is 0.227. The van der Waals surface area contributed by atoms with Gasteiger partial charge in [-0.15, -0.1) is 0 Å². The normalized spacial score (nSPS) is 10.2. The minimum atomic E-state index is 0.227. The van der Waals surface area contributed by atoms with Gasteiger partial charge in [0.05, 0.1) is 0 Å². The van der Waals surface area contributed by atoms with Crippen LogP contribution in [0.1, 0.15) is 5.56 Å². The van der Waals surface area contributed by atoms with Crippen LogP contribution in [0.2, 0.25) is 5.02 Å². The van der Waals surface area contributed by atoms with E-state index in [1.165, 1.54) is 0 Å². The molecule has 2 aromatic carbocycles. The molecule has 4 heteroatoms. The highest BCUT2D eigenvalue weighted by Crippen LogP contribution is 2.23. The van der Waals surface area contributed by atoms with Gasteiger partial charge < -0.3 is 9.84 Å². The lowest BCUT2D eigenvalue weighted by atomic mass is 10.2. The molecule has 0 aliphatic rings. The van der Waals surface area contributed by atoms with Gasteiger partial charge in [-0.3, -0.25) is 0 Å². The number of hydrogen-bond acceptors (Lipinski definition) is 2. The monoisotopic (exact) mass is 312 g/mol. The Morgan fingerprint density at radius 3 is 2.47 bits per heavy atom. The predicted octanol–water partition coefficient (Wildman–Crippen LogP) is 4.39. The van der Waals surface area contributed by atoms with Gasteiger partial charge in [-0.2, -0.15) is 0 Å². The summed E-state index contributed by atoms with van der Waals surface area (Å²) in [7, 11) is 0. The van der Waals surface area contributed by atoms with Crippen molar-refractivity contribution in [2.45, 2.75) is 6.61 Å². The van der Waals surface area contributed by atoms with E-state index in [-0.39, 0.29) is 5.75 Å². The van der Waals surface area contributed by atoms with Crippen LogP contribution in [0.25, 0.3) is 0 Å². The maximum Gasteiger partial charge on any atom is 0.120 e. The van der Waals surface area contributed by atoms with Gasteiger partial charge in [-0.05, 0) is 36.4 Å². The first-order chi connectivity index (χ1) is 8.15. The number of phenolic OH excluding ortho intramolecular Hbond substituents is 1. The molecule has 0 aliphatic heterocycles. The Bertz CT molecular complexity index is 511. The zero-order valence-electron chi connectivity index (χ0n) is 8.86. The average Bonchev–Trinajstić information content (AvgIpc) is 2.30. The van der Waals surface area contributed by atoms with Crippen molar-refractivity contribution in [3.05, 3.63) is 57.5 Å². The van der Waals surface area contributed by atoms with E-state index in [1.807, 2.05) is 18.2 Å². The van der Waals surface area contributed by atoms with Crippen molar-refractivity contribution in [3.63, 3.8) is 0 Å². The quantitative estimate of drug-likeness (QED) is 0.911. The van der Waals surface area contributed by atoms with E-state index in [0.29, 0.717) is 17.4 Å². The highest BCUT2D eigenvalue weighted by molar-refractivity contribution is 9.10. The molecule has 0 fully saturated rings. The van der Waals surface area contributed by atoms with Crippen LogP contribution in [0.3, 0.4) is 0 Å². The standard InChI is InChI=1S/C13H10BrClO2/c14-13-7-10(15)2-1-9(13)8-17-12-5-3-11(16)4-6-12/h1-7,16H,8H2. The molecule has 0 bridgehead atoms. The van der Waals surface area contributed by atoms with Crippen LogP contribution in [-0.2, 0) is 6.61 Å². The third kappa shape index (κ3) is 3.38. The van der Waals surface area contributed by atoms with E-state index in [1.54, 1.807) is 24.3 Å². The number of aromatic hydroxyl groups is 1. The molecule has 17 heavy (non-hydrogen) atoms. The summed E-state index contributed by atoms with van der Waals surface area (Å²) < 4.78 is 6.50. The SMILES string of the molecule is Oc1ccc(OCc2ccc(Cl)cc2Br)cc1. The van der Waals surface area contributed by atoms with Crippen molar-refractivity contribution in [2.75, 3.05) is 0 Å². The van der Waals surface area contributed by atoms with Gasteiger partial charge in [0, 0.05) is 15.1 Å². The number of hydrogen-bond donors (Lipinski definition) is 1. The number of halogens is 2. The van der Waals surface area contributed by atoms with E-state index < -0.39 is 0 Å². The summed E-state index contributed by atoms with van der Waals surface area (Å²) in [6.45, 7) is 0.447. The second-order valence-corrected chi connectivity index (χ2v) is 4.81. The maximum absolute atomic E-state index is 9.14. The van der Waals surface area contributed by atoms with Crippen LogP contribution in [0.4, 0.5) is 0 Å². The predicted molar refractivity (Wildman–Crippen MR) is 71.6 cm³/mol. The first kappa shape index (κ1) is 12.3. The molecule has 2 aromatic rings. The summed E-state index contributed by atoms with van der Waals surface area (Å²) in [5, 5.41) is 9.82. The number of rotatable bonds is 3. The number of ether oxygens (including phenoxy) is 1. The summed E-state index contributed by atoms with van der Waals surface area (Å²) in [5.41, 5.74) is 1.02. The Balaban J connectivity index is 2.04. The molecule has 88 valence electrons. The van der Waals surface area contributed by atoms with E-state index in [2.05, 4.69) is 15.9 Å². The molecule has 2 nitrogen and oxygen atoms in total. The summed E-state index contributed by atoms with van der Waals surface area (Å²) in [5.74, 6) is 0.940. The largest absolute Gasteiger partial charge is 0.508 e. The Morgan fingerprint density at radius 2 is 1.82 bits per heavy atom. The Labute approximate surface area is 113 Å². The highest BCUT2D eigenvalue weighted by Gasteiger charge is 2.02. The van der Waals surface area contributed by atoms with Crippen molar-refractivity contribution < 1.29 is 9.84 Å². The first-order valence-corrected chi connectivity index (χ1v) is 6.18. The highest BCUT2D eigenvalue weighted by atomic mass is 79.9. The summed E-state index contributed by atoms with van der Waals surface area (Å²) in [6, 6.07) is 12.2. The molecule has 0 atom stereocenters. The molecule has 0 aliphatic carbocycles. The average molecular weight is 314 g/mol. The summed E-state index contributed by atoms with van der Waals surface area (Å²) >= 11 is 9.28. The number of phenols is 1. The van der Waals surface area contributed by atoms with Crippen LogP contribution < -0.4 is 4.74 Å². The zero-order valence-corrected chi connectivity index (χ0v) is 11.2. The third-order valence-electron chi connectivity index (χ3n) is 2.25. The number of benzene rings is 2. The smallest absolute Gasteiger partial charge is 0.120 e. The summed E-state index contributed by atoms with van der Waals surface area (Å²) in [4.78, 5) is 0. The van der Waals surface area contributed by atoms with Crippen LogP contribution in [0.5, 0.6) is 11.5 Å². The van der Waals surface area contributed by atoms with Crippen molar-refractivity contribution in [2.24, 2.45) is 0 Å². The fourth-order valence-corrected chi connectivity index (χ4v) is 2.14. The fourth-order valence-electron chi connectivity index (χ4n) is 1.34. The topological polar surface area (TPSA) is 29.5 Å². The first-order valence-electron chi connectivity index (χ1n) is 5.01. The van der Waals surface area contributed by atoms with Gasteiger partial charge in [-0.1, -0.05) is 33.6 Å². The third-order valence-corrected chi connectivity index (χ3v) is 3.22. The van der Waals surface area contributed by atoms with Crippen LogP contribution in [-0.4, -0.2) is 5.11 Å². The molecule has 0 heterocycles. The maximum atomic E-state index is 9.14. The van der Waals surface area contributed by atoms with Gasteiger partial charge in [0.2, 0.25) is 0 Å². The van der Waals surface area contributed by atoms with Gasteiger partial charge in [0.15, 0.2) is 0 Å². The van der Waals surface area contributed by atoms with E-state index >= 15 is 0 Å². The molecule has 0 amide bonds. The van der Waals surface area contributed by atoms with Gasteiger partial charge in [-0.25, -0.2) is 0 Å². The molecule has 0 saturated heterocycles. The molecule has 0 radical (unpaired) electrons. The molecule has 0 spiro atoms. The van der Waals surface area contributed by atoms with Gasteiger partial charge >= 0.3 is 0 Å². The van der Waals surface area contributed by atoms with Crippen molar-refractivity contribution in [1.82, 2.24) is 0 Å². The molecule has 0 unspecified atom stereocenters. The fraction of sp³-hybridized carbons (Fsp3) is 0.0769. The lowest BCUT2D eigenvalue weighted by molar-refractivity contribution is 0.305. The Morgan fingerprint density at radius 1 is 1.12 bits per heavy atom. The molecular formula is C13H10BrClO2. The van der Waals surface area contributed by atoms with Crippen LogP contribution >= 0.6 is 27.5 Å². The molecular weight excluding hydrogens is 303 g/mol. The van der Waals surface area contributed by atoms with Gasteiger partial charge in [0.1, 0.15) is 18.1 Å². The van der Waals surface area contributed by atoms with Crippen molar-refractivity contribution >= 4 is 27.5 Å². The lowest BCUT2D eigenvalue weighted by Crippen LogP contribution is -1.96. The van der Waals surface area contributed by atoms with E-state index in [9.17, 15) is 0 Å². The summed E-state index contributed by atoms with van der Waals surface area (Å²) in [6.07, 6.45) is 0. The zero-order chi connectivity index (χ0) is 12.3. The lowest BCUT2D eigenvalue weighted by Gasteiger charge is -2.08. The van der Waals surface area contributed by atoms with Gasteiger partial charge in [0.25, 0.3) is 0 Å². The van der Waals surface area contributed by atoms with E-state index in [4.69, 9.17) is 21.4 Å². The second kappa shape index (κ2) is 5.43. The van der Waals surface area contributed by atoms with Crippen LogP contribution in [0.15, 0.2) is 46.9 Å². The Kier molecular flexibility index (Phi) is 3.92. The molecule has 0 aromatic heterocycles. The molecule has 1 N–H and O–H groups in total. The van der Waals surface area contributed by atoms with Crippen LogP contribution in [0, 0.1) is 0 Å².